The molecule has 0 radical (unpaired) electrons. The Balaban J connectivity index is 2.10. The predicted octanol–water partition coefficient (Wildman–Crippen LogP) is 3.19. The molecule has 24 heavy (non-hydrogen) atoms. The lowest BCUT2D eigenvalue weighted by Gasteiger charge is -2.03. The van der Waals surface area contributed by atoms with Crippen LogP contribution in [0.4, 0.5) is 0 Å². The van der Waals surface area contributed by atoms with Crippen LogP contribution in [0.2, 0.25) is 0 Å². The Labute approximate surface area is 139 Å². The highest BCUT2D eigenvalue weighted by Crippen LogP contribution is 2.29. The van der Waals surface area contributed by atoms with Gasteiger partial charge in [-0.05, 0) is 35.9 Å². The number of methoxy groups -OCH3 is 1. The first kappa shape index (κ1) is 16.0. The summed E-state index contributed by atoms with van der Waals surface area (Å²) in [6.07, 6.45) is 4.36. The van der Waals surface area contributed by atoms with E-state index in [0.717, 1.165) is 0 Å². The third-order valence-corrected chi connectivity index (χ3v) is 5.43. The van der Waals surface area contributed by atoms with Gasteiger partial charge in [-0.25, -0.2) is 13.2 Å². The third kappa shape index (κ3) is 2.96. The van der Waals surface area contributed by atoms with E-state index in [2.05, 4.69) is 9.72 Å². The lowest BCUT2D eigenvalue weighted by atomic mass is 10.1. The quantitative estimate of drug-likeness (QED) is 0.584. The summed E-state index contributed by atoms with van der Waals surface area (Å²) in [7, 11) is -2.32. The zero-order chi connectivity index (χ0) is 17.2. The zero-order valence-corrected chi connectivity index (χ0v) is 13.7. The monoisotopic (exact) mass is 341 g/mol. The average Bonchev–Trinajstić information content (AvgIpc) is 3.04. The maximum absolute atomic E-state index is 12.8. The minimum Gasteiger partial charge on any atom is -0.466 e. The zero-order valence-electron chi connectivity index (χ0n) is 12.9. The topological polar surface area (TPSA) is 76.2 Å². The molecule has 0 bridgehead atoms. The Morgan fingerprint density at radius 2 is 1.88 bits per heavy atom. The number of aromatic nitrogens is 1. The number of nitrogens with one attached hydrogen (secondary N) is 1. The summed E-state index contributed by atoms with van der Waals surface area (Å²) in [6, 6.07) is 13.6. The summed E-state index contributed by atoms with van der Waals surface area (Å²) in [4.78, 5) is 14.6. The molecule has 122 valence electrons. The maximum atomic E-state index is 12.8. The van der Waals surface area contributed by atoms with Crippen LogP contribution in [0.3, 0.4) is 0 Å². The second-order valence-corrected chi connectivity index (χ2v) is 7.05. The van der Waals surface area contributed by atoms with E-state index in [9.17, 15) is 13.2 Å². The van der Waals surface area contributed by atoms with Crippen LogP contribution in [0.1, 0.15) is 5.56 Å². The Bertz CT molecular complexity index is 1020. The molecule has 2 aromatic carbocycles. The lowest BCUT2D eigenvalue weighted by Crippen LogP contribution is -2.00. The molecule has 0 aliphatic heterocycles. The van der Waals surface area contributed by atoms with Gasteiger partial charge in [0.2, 0.25) is 9.84 Å². The van der Waals surface area contributed by atoms with Gasteiger partial charge >= 0.3 is 5.97 Å². The molecule has 0 saturated carbocycles. The molecule has 0 fully saturated rings. The van der Waals surface area contributed by atoms with E-state index in [1.807, 2.05) is 0 Å². The van der Waals surface area contributed by atoms with E-state index >= 15 is 0 Å². The molecule has 0 aliphatic carbocycles. The number of aromatic amines is 1. The Morgan fingerprint density at radius 3 is 2.58 bits per heavy atom. The summed E-state index contributed by atoms with van der Waals surface area (Å²) in [6.45, 7) is 0. The molecule has 6 heteroatoms. The molecule has 0 aliphatic rings. The van der Waals surface area contributed by atoms with Crippen LogP contribution in [-0.4, -0.2) is 26.5 Å². The van der Waals surface area contributed by atoms with Gasteiger partial charge in [-0.15, -0.1) is 0 Å². The van der Waals surface area contributed by atoms with Crippen molar-refractivity contribution in [1.82, 2.24) is 4.98 Å². The molecule has 1 aromatic heterocycles. The van der Waals surface area contributed by atoms with E-state index < -0.39 is 15.8 Å². The predicted molar refractivity (Wildman–Crippen MR) is 91.2 cm³/mol. The highest BCUT2D eigenvalue weighted by atomic mass is 32.2. The van der Waals surface area contributed by atoms with Crippen molar-refractivity contribution in [2.75, 3.05) is 7.11 Å². The van der Waals surface area contributed by atoms with Crippen molar-refractivity contribution in [2.45, 2.75) is 9.79 Å². The normalized spacial score (nSPS) is 11.9. The lowest BCUT2D eigenvalue weighted by molar-refractivity contribution is -0.134. The first-order valence-electron chi connectivity index (χ1n) is 7.19. The number of H-pyrrole nitrogens is 1. The molecule has 3 rings (SSSR count). The number of ether oxygens (including phenoxy) is 1. The van der Waals surface area contributed by atoms with Crippen molar-refractivity contribution in [1.29, 1.82) is 0 Å². The van der Waals surface area contributed by atoms with Gasteiger partial charge < -0.3 is 9.72 Å². The molecule has 0 saturated heterocycles. The summed E-state index contributed by atoms with van der Waals surface area (Å²) in [5, 5.41) is 0.575. The molecule has 0 spiro atoms. The van der Waals surface area contributed by atoms with Crippen LogP contribution in [0.25, 0.3) is 17.0 Å². The van der Waals surface area contributed by atoms with Gasteiger partial charge in [-0.1, -0.05) is 24.3 Å². The smallest absolute Gasteiger partial charge is 0.330 e. The number of hydrogen-bond acceptors (Lipinski definition) is 4. The minimum atomic E-state index is -3.62. The van der Waals surface area contributed by atoms with Crippen molar-refractivity contribution in [3.63, 3.8) is 0 Å². The Kier molecular flexibility index (Phi) is 4.22. The average molecular weight is 341 g/mol. The van der Waals surface area contributed by atoms with E-state index in [4.69, 9.17) is 0 Å². The van der Waals surface area contributed by atoms with Gasteiger partial charge in [0.15, 0.2) is 0 Å². The molecular formula is C18H15NO4S. The van der Waals surface area contributed by atoms with Gasteiger partial charge in [0.1, 0.15) is 0 Å². The second kappa shape index (κ2) is 6.33. The molecule has 5 nitrogen and oxygen atoms in total. The molecule has 1 N–H and O–H groups in total. The molecule has 3 aromatic rings. The molecule has 0 unspecified atom stereocenters. The first-order chi connectivity index (χ1) is 11.5. The van der Waals surface area contributed by atoms with Gasteiger partial charge in [-0.3, -0.25) is 0 Å². The maximum Gasteiger partial charge on any atom is 0.330 e. The van der Waals surface area contributed by atoms with Gasteiger partial charge in [-0.2, -0.15) is 0 Å². The number of esters is 1. The number of sulfone groups is 1. The van der Waals surface area contributed by atoms with Crippen LogP contribution in [0, 0.1) is 0 Å². The van der Waals surface area contributed by atoms with Gasteiger partial charge in [0.05, 0.1) is 16.9 Å². The SMILES string of the molecule is COC(=O)/C=C/c1ccc2[nH]cc(S(=O)(=O)c3ccccc3)c2c1. The summed E-state index contributed by atoms with van der Waals surface area (Å²) >= 11 is 0. The fourth-order valence-corrected chi connectivity index (χ4v) is 3.84. The van der Waals surface area contributed by atoms with Crippen molar-refractivity contribution in [3.8, 4) is 0 Å². The number of fused-ring (bicyclic) bond motifs is 1. The van der Waals surface area contributed by atoms with Crippen LogP contribution in [0.15, 0.2) is 70.6 Å². The number of carbonyl (C=O) groups is 1. The summed E-state index contributed by atoms with van der Waals surface area (Å²) < 4.78 is 30.2. The standard InChI is InChI=1S/C18H15NO4S/c1-23-18(20)10-8-13-7-9-16-15(11-13)17(12-19-16)24(21,22)14-5-3-2-4-6-14/h2-12,19H,1H3/b10-8+. The Morgan fingerprint density at radius 1 is 1.12 bits per heavy atom. The van der Waals surface area contributed by atoms with Crippen LogP contribution in [0.5, 0.6) is 0 Å². The van der Waals surface area contributed by atoms with Crippen molar-refractivity contribution >= 4 is 32.8 Å². The first-order valence-corrected chi connectivity index (χ1v) is 8.68. The largest absolute Gasteiger partial charge is 0.466 e. The van der Waals surface area contributed by atoms with Crippen molar-refractivity contribution < 1.29 is 17.9 Å². The van der Waals surface area contributed by atoms with Gasteiger partial charge in [0.25, 0.3) is 0 Å². The van der Waals surface area contributed by atoms with E-state index in [1.165, 1.54) is 19.4 Å². The highest BCUT2D eigenvalue weighted by molar-refractivity contribution is 7.91. The molecule has 0 amide bonds. The summed E-state index contributed by atoms with van der Waals surface area (Å²) in [5.41, 5.74) is 1.41. The minimum absolute atomic E-state index is 0.206. The second-order valence-electron chi connectivity index (χ2n) is 5.13. The third-order valence-electron chi connectivity index (χ3n) is 3.62. The van der Waals surface area contributed by atoms with Crippen molar-refractivity contribution in [3.05, 3.63) is 66.4 Å². The Hall–Kier alpha value is -2.86. The number of benzene rings is 2. The fraction of sp³-hybridized carbons (Fsp3) is 0.0556. The number of hydrogen-bond donors (Lipinski definition) is 1. The van der Waals surface area contributed by atoms with Crippen LogP contribution < -0.4 is 0 Å². The number of rotatable bonds is 4. The van der Waals surface area contributed by atoms with E-state index in [0.29, 0.717) is 16.5 Å². The van der Waals surface area contributed by atoms with Crippen molar-refractivity contribution in [2.24, 2.45) is 0 Å². The van der Waals surface area contributed by atoms with Crippen LogP contribution >= 0.6 is 0 Å². The molecule has 0 atom stereocenters. The summed E-state index contributed by atoms with van der Waals surface area (Å²) in [5.74, 6) is -0.471. The molecule has 1 heterocycles. The molecular weight excluding hydrogens is 326 g/mol. The van der Waals surface area contributed by atoms with E-state index in [1.54, 1.807) is 54.6 Å². The number of carbonyl (C=O) groups excluding carboxylic acids is 1. The highest BCUT2D eigenvalue weighted by Gasteiger charge is 2.21. The fourth-order valence-electron chi connectivity index (χ4n) is 2.40. The van der Waals surface area contributed by atoms with Crippen LogP contribution in [-0.2, 0) is 19.4 Å². The van der Waals surface area contributed by atoms with E-state index in [-0.39, 0.29) is 9.79 Å². The van der Waals surface area contributed by atoms with Gasteiger partial charge in [0, 0.05) is 23.2 Å².